The Balaban J connectivity index is 1.73. The van der Waals surface area contributed by atoms with E-state index in [9.17, 15) is 14.4 Å². The first kappa shape index (κ1) is 23.7. The highest BCUT2D eigenvalue weighted by molar-refractivity contribution is 7.99. The molecule has 0 fully saturated rings. The third-order valence-corrected chi connectivity index (χ3v) is 7.00. The Kier molecular flexibility index (Phi) is 7.47. The number of hydrogen-bond donors (Lipinski definition) is 1. The van der Waals surface area contributed by atoms with Crippen molar-refractivity contribution in [1.82, 2.24) is 14.8 Å². The summed E-state index contributed by atoms with van der Waals surface area (Å²) in [5, 5.41) is 12.1. The summed E-state index contributed by atoms with van der Waals surface area (Å²) in [6, 6.07) is 7.96. The molecule has 0 aliphatic heterocycles. The van der Waals surface area contributed by atoms with E-state index in [0.717, 1.165) is 22.5 Å². The summed E-state index contributed by atoms with van der Waals surface area (Å²) >= 11 is 2.31. The van der Waals surface area contributed by atoms with E-state index in [-0.39, 0.29) is 29.6 Å². The van der Waals surface area contributed by atoms with Gasteiger partial charge in [0.1, 0.15) is 5.00 Å². The monoisotopic (exact) mass is 472 g/mol. The first-order valence-corrected chi connectivity index (χ1v) is 11.7. The fourth-order valence-corrected chi connectivity index (χ4v) is 4.89. The maximum atomic E-state index is 12.6. The molecule has 0 aliphatic rings. The highest BCUT2D eigenvalue weighted by atomic mass is 32.2. The van der Waals surface area contributed by atoms with Gasteiger partial charge in [-0.05, 0) is 33.3 Å². The number of aromatic nitrogens is 3. The van der Waals surface area contributed by atoms with E-state index < -0.39 is 5.97 Å². The van der Waals surface area contributed by atoms with Gasteiger partial charge in [0.2, 0.25) is 5.91 Å². The zero-order chi connectivity index (χ0) is 23.4. The molecule has 0 bridgehead atoms. The van der Waals surface area contributed by atoms with Gasteiger partial charge in [0, 0.05) is 12.6 Å². The third kappa shape index (κ3) is 5.08. The fraction of sp³-hybridized carbons (Fsp3) is 0.318. The van der Waals surface area contributed by atoms with E-state index in [0.29, 0.717) is 26.4 Å². The molecule has 0 aliphatic carbocycles. The lowest BCUT2D eigenvalue weighted by Gasteiger charge is -2.07. The SMILES string of the molecule is CCOC(=O)c1c(NC(=O)CSc2nnc(-c3ccc(C)cc3)n2C)sc(C(C)=O)c1C. The molecule has 0 spiro atoms. The zero-order valence-corrected chi connectivity index (χ0v) is 20.1. The lowest BCUT2D eigenvalue weighted by molar-refractivity contribution is -0.113. The predicted molar refractivity (Wildman–Crippen MR) is 126 cm³/mol. The number of rotatable bonds is 8. The number of thiophene rings is 1. The van der Waals surface area contributed by atoms with E-state index >= 15 is 0 Å². The first-order chi connectivity index (χ1) is 15.2. The number of ketones is 1. The number of carbonyl (C=O) groups excluding carboxylic acids is 3. The Morgan fingerprint density at radius 3 is 2.47 bits per heavy atom. The van der Waals surface area contributed by atoms with Gasteiger partial charge in [0.05, 0.1) is 22.8 Å². The number of nitrogens with one attached hydrogen (secondary N) is 1. The van der Waals surface area contributed by atoms with Gasteiger partial charge in [-0.2, -0.15) is 0 Å². The Morgan fingerprint density at radius 1 is 1.16 bits per heavy atom. The summed E-state index contributed by atoms with van der Waals surface area (Å²) in [6.07, 6.45) is 0. The Bertz CT molecular complexity index is 1170. The van der Waals surface area contributed by atoms with Crippen LogP contribution < -0.4 is 5.32 Å². The minimum absolute atomic E-state index is 0.0640. The summed E-state index contributed by atoms with van der Waals surface area (Å²) in [5.74, 6) is -0.285. The molecule has 10 heteroatoms. The van der Waals surface area contributed by atoms with Gasteiger partial charge in [0.15, 0.2) is 16.8 Å². The quantitative estimate of drug-likeness (QED) is 0.297. The number of anilines is 1. The van der Waals surface area contributed by atoms with Crippen molar-refractivity contribution in [3.8, 4) is 11.4 Å². The number of carbonyl (C=O) groups is 3. The molecule has 0 atom stereocenters. The molecule has 168 valence electrons. The van der Waals surface area contributed by atoms with Crippen LogP contribution in [0.2, 0.25) is 0 Å². The molecular weight excluding hydrogens is 448 g/mol. The van der Waals surface area contributed by atoms with Crippen LogP contribution in [-0.4, -0.2) is 44.8 Å². The molecule has 0 radical (unpaired) electrons. The van der Waals surface area contributed by atoms with Crippen LogP contribution in [0, 0.1) is 13.8 Å². The lowest BCUT2D eigenvalue weighted by atomic mass is 10.1. The van der Waals surface area contributed by atoms with Crippen LogP contribution in [0.3, 0.4) is 0 Å². The number of ether oxygens (including phenoxy) is 1. The van der Waals surface area contributed by atoms with Gasteiger partial charge in [-0.25, -0.2) is 4.79 Å². The molecule has 3 rings (SSSR count). The average Bonchev–Trinajstić information content (AvgIpc) is 3.27. The van der Waals surface area contributed by atoms with Gasteiger partial charge < -0.3 is 14.6 Å². The number of benzene rings is 1. The molecule has 8 nitrogen and oxygen atoms in total. The number of aryl methyl sites for hydroxylation is 1. The Morgan fingerprint density at radius 2 is 1.84 bits per heavy atom. The van der Waals surface area contributed by atoms with Gasteiger partial charge in [-0.3, -0.25) is 9.59 Å². The van der Waals surface area contributed by atoms with E-state index in [4.69, 9.17) is 4.74 Å². The maximum Gasteiger partial charge on any atom is 0.341 e. The summed E-state index contributed by atoms with van der Waals surface area (Å²) in [6.45, 7) is 7.02. The largest absolute Gasteiger partial charge is 0.462 e. The lowest BCUT2D eigenvalue weighted by Crippen LogP contribution is -2.16. The molecule has 1 aromatic carbocycles. The molecule has 2 aromatic heterocycles. The van der Waals surface area contributed by atoms with Crippen molar-refractivity contribution in [1.29, 1.82) is 0 Å². The number of esters is 1. The minimum Gasteiger partial charge on any atom is -0.462 e. The number of Topliss-reactive ketones (excluding diaryl/α,β-unsaturated/α-hetero) is 1. The summed E-state index contributed by atoms with van der Waals surface area (Å²) < 4.78 is 6.93. The van der Waals surface area contributed by atoms with Crippen LogP contribution >= 0.6 is 23.1 Å². The second-order valence-corrected chi connectivity index (χ2v) is 9.07. The van der Waals surface area contributed by atoms with Crippen molar-refractivity contribution in [3.63, 3.8) is 0 Å². The second kappa shape index (κ2) is 10.1. The van der Waals surface area contributed by atoms with E-state index in [1.165, 1.54) is 18.7 Å². The topological polar surface area (TPSA) is 103 Å². The van der Waals surface area contributed by atoms with Crippen molar-refractivity contribution >= 4 is 45.8 Å². The van der Waals surface area contributed by atoms with E-state index in [1.807, 2.05) is 42.8 Å². The zero-order valence-electron chi connectivity index (χ0n) is 18.5. The van der Waals surface area contributed by atoms with Crippen LogP contribution in [0.1, 0.15) is 45.0 Å². The number of nitrogens with zero attached hydrogens (tertiary/aromatic N) is 3. The predicted octanol–water partition coefficient (Wildman–Crippen LogP) is 4.27. The number of thioether (sulfide) groups is 1. The smallest absolute Gasteiger partial charge is 0.341 e. The minimum atomic E-state index is -0.562. The van der Waals surface area contributed by atoms with Crippen LogP contribution in [-0.2, 0) is 16.6 Å². The molecule has 0 saturated heterocycles. The Labute approximate surface area is 194 Å². The van der Waals surface area contributed by atoms with E-state index in [2.05, 4.69) is 15.5 Å². The van der Waals surface area contributed by atoms with Crippen molar-refractivity contribution in [2.45, 2.75) is 32.9 Å². The molecule has 2 heterocycles. The molecule has 3 aromatic rings. The molecule has 1 amide bonds. The molecular formula is C22H24N4O4S2. The maximum absolute atomic E-state index is 12.6. The average molecular weight is 473 g/mol. The first-order valence-electron chi connectivity index (χ1n) is 9.93. The van der Waals surface area contributed by atoms with Gasteiger partial charge in [0.25, 0.3) is 0 Å². The van der Waals surface area contributed by atoms with Crippen molar-refractivity contribution in [2.24, 2.45) is 7.05 Å². The van der Waals surface area contributed by atoms with Gasteiger partial charge in [-0.1, -0.05) is 41.6 Å². The van der Waals surface area contributed by atoms with Gasteiger partial charge in [-0.15, -0.1) is 21.5 Å². The van der Waals surface area contributed by atoms with Crippen molar-refractivity contribution in [3.05, 3.63) is 45.8 Å². The highest BCUT2D eigenvalue weighted by Crippen LogP contribution is 2.34. The third-order valence-electron chi connectivity index (χ3n) is 4.68. The standard InChI is InChI=1S/C22H24N4O4S2/c1-6-30-21(29)17-13(3)18(14(4)27)32-20(17)23-16(28)11-31-22-25-24-19(26(22)5)15-9-7-12(2)8-10-15/h7-10H,6,11H2,1-5H3,(H,23,28). The van der Waals surface area contributed by atoms with E-state index in [1.54, 1.807) is 13.8 Å². The van der Waals surface area contributed by atoms with Crippen LogP contribution in [0.15, 0.2) is 29.4 Å². The molecule has 0 unspecified atom stereocenters. The van der Waals surface area contributed by atoms with Gasteiger partial charge >= 0.3 is 5.97 Å². The summed E-state index contributed by atoms with van der Waals surface area (Å²) in [4.78, 5) is 37.3. The summed E-state index contributed by atoms with van der Waals surface area (Å²) in [7, 11) is 1.84. The van der Waals surface area contributed by atoms with Crippen LogP contribution in [0.5, 0.6) is 0 Å². The molecule has 0 saturated carbocycles. The normalized spacial score (nSPS) is 10.8. The van der Waals surface area contributed by atoms with Crippen LogP contribution in [0.4, 0.5) is 5.00 Å². The second-order valence-electron chi connectivity index (χ2n) is 7.11. The van der Waals surface area contributed by atoms with Crippen LogP contribution in [0.25, 0.3) is 11.4 Å². The number of hydrogen-bond acceptors (Lipinski definition) is 8. The fourth-order valence-electron chi connectivity index (χ4n) is 3.07. The highest BCUT2D eigenvalue weighted by Gasteiger charge is 2.25. The number of amides is 1. The molecule has 32 heavy (non-hydrogen) atoms. The summed E-state index contributed by atoms with van der Waals surface area (Å²) in [5.41, 5.74) is 2.83. The Hall–Kier alpha value is -2.98. The van der Waals surface area contributed by atoms with Crippen molar-refractivity contribution in [2.75, 3.05) is 17.7 Å². The van der Waals surface area contributed by atoms with Crippen molar-refractivity contribution < 1.29 is 19.1 Å². The molecule has 1 N–H and O–H groups in total.